The molecule has 5 rings (SSSR count). The van der Waals surface area contributed by atoms with Gasteiger partial charge < -0.3 is 9.15 Å². The van der Waals surface area contributed by atoms with Gasteiger partial charge in [0.05, 0.1) is 0 Å². The lowest BCUT2D eigenvalue weighted by Gasteiger charge is -2.06. The lowest BCUT2D eigenvalue weighted by molar-refractivity contribution is 0.306. The molecule has 3 heteroatoms. The van der Waals surface area contributed by atoms with Gasteiger partial charge in [0, 0.05) is 6.08 Å². The van der Waals surface area contributed by atoms with E-state index >= 15 is 0 Å². The van der Waals surface area contributed by atoms with Crippen LogP contribution in [-0.2, 0) is 6.61 Å². The molecule has 4 aromatic carbocycles. The zero-order valence-corrected chi connectivity index (χ0v) is 16.9. The molecule has 0 unspecified atom stereocenters. The third-order valence-electron chi connectivity index (χ3n) is 5.04. The number of nitrogens with zero attached hydrogens (tertiary/aromatic N) is 1. The van der Waals surface area contributed by atoms with Crippen LogP contribution in [-0.4, -0.2) is 4.98 Å². The molecule has 0 fully saturated rings. The van der Waals surface area contributed by atoms with Crippen LogP contribution in [0, 0.1) is 0 Å². The Labute approximate surface area is 181 Å². The van der Waals surface area contributed by atoms with Gasteiger partial charge in [0.1, 0.15) is 17.9 Å². The summed E-state index contributed by atoms with van der Waals surface area (Å²) in [6.45, 7) is 0.545. The molecular weight excluding hydrogens is 382 g/mol. The fourth-order valence-electron chi connectivity index (χ4n) is 3.44. The lowest BCUT2D eigenvalue weighted by atomic mass is 10.1. The van der Waals surface area contributed by atoms with Crippen molar-refractivity contribution in [2.75, 3.05) is 0 Å². The molecule has 1 aromatic heterocycles. The van der Waals surface area contributed by atoms with Crippen LogP contribution in [0.15, 0.2) is 108 Å². The Hall–Kier alpha value is -4.11. The summed E-state index contributed by atoms with van der Waals surface area (Å²) < 4.78 is 11.8. The molecule has 3 nitrogen and oxygen atoms in total. The molecule has 0 aliphatic heterocycles. The summed E-state index contributed by atoms with van der Waals surface area (Å²) in [6, 6.07) is 34.5. The summed E-state index contributed by atoms with van der Waals surface area (Å²) in [7, 11) is 0. The minimum atomic E-state index is 0.545. The Kier molecular flexibility index (Phi) is 5.31. The van der Waals surface area contributed by atoms with Crippen molar-refractivity contribution in [2.45, 2.75) is 6.61 Å². The van der Waals surface area contributed by atoms with E-state index in [-0.39, 0.29) is 0 Å². The average Bonchev–Trinajstić information content (AvgIpc) is 3.25. The van der Waals surface area contributed by atoms with E-state index in [1.807, 2.05) is 78.9 Å². The van der Waals surface area contributed by atoms with Gasteiger partial charge in [-0.3, -0.25) is 0 Å². The number of hydrogen-bond donors (Lipinski definition) is 0. The maximum atomic E-state index is 5.92. The predicted molar refractivity (Wildman–Crippen MR) is 126 cm³/mol. The van der Waals surface area contributed by atoms with Crippen LogP contribution < -0.4 is 4.74 Å². The molecule has 0 radical (unpaired) electrons. The van der Waals surface area contributed by atoms with E-state index in [0.717, 1.165) is 39.1 Å². The van der Waals surface area contributed by atoms with E-state index in [4.69, 9.17) is 9.15 Å². The molecule has 0 amide bonds. The molecule has 0 aliphatic carbocycles. The highest BCUT2D eigenvalue weighted by Gasteiger charge is 2.06. The van der Waals surface area contributed by atoms with Crippen LogP contribution in [0.4, 0.5) is 0 Å². The Balaban J connectivity index is 1.32. The lowest BCUT2D eigenvalue weighted by Crippen LogP contribution is -1.94. The number of hydrogen-bond acceptors (Lipinski definition) is 3. The number of oxazole rings is 1. The topological polar surface area (TPSA) is 35.3 Å². The smallest absolute Gasteiger partial charge is 0.220 e. The minimum absolute atomic E-state index is 0.545. The Morgan fingerprint density at radius 3 is 2.35 bits per heavy atom. The first kappa shape index (κ1) is 18.9. The number of aromatic nitrogens is 1. The Morgan fingerprint density at radius 1 is 0.710 bits per heavy atom. The van der Waals surface area contributed by atoms with Crippen molar-refractivity contribution in [3.05, 3.63) is 120 Å². The van der Waals surface area contributed by atoms with Crippen molar-refractivity contribution in [3.8, 4) is 16.9 Å². The summed E-state index contributed by atoms with van der Waals surface area (Å²) in [5.74, 6) is 1.41. The average molecular weight is 403 g/mol. The molecule has 0 saturated carbocycles. The SMILES string of the molecule is C(=Cc1nc2cc(-c3ccccc3)ccc2o1)c1cccc(OCc2ccccc2)c1. The second kappa shape index (κ2) is 8.72. The van der Waals surface area contributed by atoms with E-state index in [9.17, 15) is 0 Å². The molecule has 0 N–H and O–H groups in total. The zero-order valence-electron chi connectivity index (χ0n) is 16.9. The van der Waals surface area contributed by atoms with Crippen molar-refractivity contribution >= 4 is 23.3 Å². The summed E-state index contributed by atoms with van der Waals surface area (Å²) in [6.07, 6.45) is 3.87. The van der Waals surface area contributed by atoms with Crippen LogP contribution >= 0.6 is 0 Å². The number of rotatable bonds is 6. The molecule has 0 atom stereocenters. The summed E-state index contributed by atoms with van der Waals surface area (Å²) in [5, 5.41) is 0. The van der Waals surface area contributed by atoms with Crippen molar-refractivity contribution in [1.29, 1.82) is 0 Å². The van der Waals surface area contributed by atoms with Crippen molar-refractivity contribution in [3.63, 3.8) is 0 Å². The predicted octanol–water partition coefficient (Wildman–Crippen LogP) is 7.24. The molecule has 0 saturated heterocycles. The van der Waals surface area contributed by atoms with Gasteiger partial charge in [0.15, 0.2) is 5.58 Å². The largest absolute Gasteiger partial charge is 0.489 e. The number of benzene rings is 4. The number of fused-ring (bicyclic) bond motifs is 1. The van der Waals surface area contributed by atoms with Crippen LogP contribution in [0.2, 0.25) is 0 Å². The number of ether oxygens (including phenoxy) is 1. The molecule has 0 bridgehead atoms. The van der Waals surface area contributed by atoms with Gasteiger partial charge in [-0.05, 0) is 52.6 Å². The van der Waals surface area contributed by atoms with Crippen molar-refractivity contribution in [2.24, 2.45) is 0 Å². The molecule has 0 spiro atoms. The fourth-order valence-corrected chi connectivity index (χ4v) is 3.44. The van der Waals surface area contributed by atoms with E-state index < -0.39 is 0 Å². The van der Waals surface area contributed by atoms with Gasteiger partial charge in [0.2, 0.25) is 5.89 Å². The third-order valence-corrected chi connectivity index (χ3v) is 5.04. The first-order chi connectivity index (χ1) is 15.3. The summed E-state index contributed by atoms with van der Waals surface area (Å²) >= 11 is 0. The van der Waals surface area contributed by atoms with Gasteiger partial charge >= 0.3 is 0 Å². The van der Waals surface area contributed by atoms with Crippen LogP contribution in [0.5, 0.6) is 5.75 Å². The standard InChI is InChI=1S/C28H21NO2/c1-3-8-22(9-4-1)20-30-25-13-7-10-21(18-25)14-17-28-29-26-19-24(15-16-27(26)31-28)23-11-5-2-6-12-23/h1-19H,20H2. The minimum Gasteiger partial charge on any atom is -0.489 e. The first-order valence-corrected chi connectivity index (χ1v) is 10.2. The highest BCUT2D eigenvalue weighted by atomic mass is 16.5. The fraction of sp³-hybridized carbons (Fsp3) is 0.0357. The van der Waals surface area contributed by atoms with E-state index in [0.29, 0.717) is 12.5 Å². The van der Waals surface area contributed by atoms with E-state index in [1.54, 1.807) is 0 Å². The second-order valence-corrected chi connectivity index (χ2v) is 7.28. The Bertz CT molecular complexity index is 1320. The summed E-state index contributed by atoms with van der Waals surface area (Å²) in [4.78, 5) is 4.63. The second-order valence-electron chi connectivity index (χ2n) is 7.28. The third kappa shape index (κ3) is 4.57. The normalized spacial score (nSPS) is 11.2. The quantitative estimate of drug-likeness (QED) is 0.300. The van der Waals surface area contributed by atoms with Gasteiger partial charge in [-0.15, -0.1) is 0 Å². The molecule has 0 aliphatic rings. The summed E-state index contributed by atoms with van der Waals surface area (Å²) in [5.41, 5.74) is 6.08. The molecule has 1 heterocycles. The van der Waals surface area contributed by atoms with Crippen LogP contribution in [0.25, 0.3) is 34.4 Å². The highest BCUT2D eigenvalue weighted by Crippen LogP contribution is 2.25. The monoisotopic (exact) mass is 403 g/mol. The Morgan fingerprint density at radius 2 is 1.52 bits per heavy atom. The maximum Gasteiger partial charge on any atom is 0.220 e. The van der Waals surface area contributed by atoms with Crippen molar-refractivity contribution < 1.29 is 9.15 Å². The van der Waals surface area contributed by atoms with Gasteiger partial charge in [0.25, 0.3) is 0 Å². The molecule has 150 valence electrons. The first-order valence-electron chi connectivity index (χ1n) is 10.2. The van der Waals surface area contributed by atoms with E-state index in [2.05, 4.69) is 41.4 Å². The van der Waals surface area contributed by atoms with Crippen LogP contribution in [0.3, 0.4) is 0 Å². The van der Waals surface area contributed by atoms with Crippen LogP contribution in [0.1, 0.15) is 17.0 Å². The molecule has 31 heavy (non-hydrogen) atoms. The zero-order chi connectivity index (χ0) is 20.9. The highest BCUT2D eigenvalue weighted by molar-refractivity contribution is 5.82. The molecular formula is C28H21NO2. The van der Waals surface area contributed by atoms with Gasteiger partial charge in [-0.1, -0.05) is 78.9 Å². The maximum absolute atomic E-state index is 5.92. The van der Waals surface area contributed by atoms with Gasteiger partial charge in [-0.2, -0.15) is 0 Å². The molecule has 5 aromatic rings. The van der Waals surface area contributed by atoms with Crippen molar-refractivity contribution in [1.82, 2.24) is 4.98 Å². The van der Waals surface area contributed by atoms with E-state index in [1.165, 1.54) is 0 Å². The van der Waals surface area contributed by atoms with Gasteiger partial charge in [-0.25, -0.2) is 4.98 Å².